The van der Waals surface area contributed by atoms with Crippen LogP contribution in [-0.2, 0) is 17.9 Å². The molecule has 0 saturated carbocycles. The molecular formula is C28H28N4O2. The summed E-state index contributed by atoms with van der Waals surface area (Å²) in [5.74, 6) is 0.233. The van der Waals surface area contributed by atoms with Gasteiger partial charge in [0.1, 0.15) is 5.54 Å². The quantitative estimate of drug-likeness (QED) is 0.469. The second-order valence-corrected chi connectivity index (χ2v) is 9.34. The first kappa shape index (κ1) is 21.9. The highest BCUT2D eigenvalue weighted by Gasteiger charge is 2.49. The molecule has 3 aromatic carbocycles. The maximum Gasteiger partial charge on any atom is 0.295 e. The molecule has 4 aromatic rings. The topological polar surface area (TPSA) is 67.2 Å². The number of carbonyl (C=O) groups excluding carboxylic acids is 2. The summed E-state index contributed by atoms with van der Waals surface area (Å²) in [6.45, 7) is 6.79. The molecule has 1 N–H and O–H groups in total. The Morgan fingerprint density at radius 3 is 2.38 bits per heavy atom. The van der Waals surface area contributed by atoms with Crippen LogP contribution in [0.15, 0.2) is 78.9 Å². The summed E-state index contributed by atoms with van der Waals surface area (Å²) in [6, 6.07) is 25.3. The van der Waals surface area contributed by atoms with Gasteiger partial charge in [-0.2, -0.15) is 0 Å². The minimum Gasteiger partial charge on any atom is -0.350 e. The summed E-state index contributed by atoms with van der Waals surface area (Å²) in [6.07, 6.45) is 0. The lowest BCUT2D eigenvalue weighted by atomic mass is 9.93. The molecule has 0 bridgehead atoms. The SMILES string of the molecule is CC(C)c1ccc(N2C(=O)c3nc4ccccc4n3CC2(C)C(=O)NCc2ccccc2)cc1. The number of benzene rings is 3. The van der Waals surface area contributed by atoms with E-state index < -0.39 is 5.54 Å². The Balaban J connectivity index is 1.58. The van der Waals surface area contributed by atoms with E-state index in [2.05, 4.69) is 24.1 Å². The average molecular weight is 453 g/mol. The molecule has 0 saturated heterocycles. The number of imidazole rings is 1. The Labute approximate surface area is 199 Å². The van der Waals surface area contributed by atoms with Gasteiger partial charge in [-0.15, -0.1) is 0 Å². The predicted molar refractivity (Wildman–Crippen MR) is 134 cm³/mol. The number of amides is 2. The Morgan fingerprint density at radius 2 is 1.68 bits per heavy atom. The van der Waals surface area contributed by atoms with Gasteiger partial charge in [0.2, 0.25) is 11.7 Å². The van der Waals surface area contributed by atoms with E-state index in [9.17, 15) is 9.59 Å². The molecule has 0 spiro atoms. The van der Waals surface area contributed by atoms with E-state index in [0.29, 0.717) is 30.5 Å². The molecule has 1 aromatic heterocycles. The number of anilines is 1. The number of rotatable bonds is 5. The van der Waals surface area contributed by atoms with Crippen LogP contribution in [0, 0.1) is 0 Å². The fourth-order valence-corrected chi connectivity index (χ4v) is 4.65. The molecule has 34 heavy (non-hydrogen) atoms. The van der Waals surface area contributed by atoms with Crippen molar-refractivity contribution in [2.24, 2.45) is 0 Å². The molecular weight excluding hydrogens is 424 g/mol. The number of carbonyl (C=O) groups is 2. The summed E-state index contributed by atoms with van der Waals surface area (Å²) in [7, 11) is 0. The lowest BCUT2D eigenvalue weighted by molar-refractivity contribution is -0.126. The van der Waals surface area contributed by atoms with Gasteiger partial charge in [0.15, 0.2) is 0 Å². The van der Waals surface area contributed by atoms with E-state index in [1.54, 1.807) is 4.90 Å². The lowest BCUT2D eigenvalue weighted by Crippen LogP contribution is -2.64. The van der Waals surface area contributed by atoms with Crippen LogP contribution < -0.4 is 10.2 Å². The Morgan fingerprint density at radius 1 is 1.00 bits per heavy atom. The normalized spacial score (nSPS) is 17.8. The Hall–Kier alpha value is -3.93. The monoisotopic (exact) mass is 452 g/mol. The van der Waals surface area contributed by atoms with Crippen LogP contribution in [0.1, 0.15) is 48.4 Å². The molecule has 172 valence electrons. The van der Waals surface area contributed by atoms with E-state index in [-0.39, 0.29) is 11.8 Å². The third-order valence-corrected chi connectivity index (χ3v) is 6.61. The fourth-order valence-electron chi connectivity index (χ4n) is 4.65. The zero-order valence-corrected chi connectivity index (χ0v) is 19.7. The van der Waals surface area contributed by atoms with Gasteiger partial charge in [-0.05, 0) is 48.2 Å². The number of nitrogens with zero attached hydrogens (tertiary/aromatic N) is 3. The van der Waals surface area contributed by atoms with Gasteiger partial charge < -0.3 is 9.88 Å². The van der Waals surface area contributed by atoms with Crippen LogP contribution in [-0.4, -0.2) is 26.9 Å². The summed E-state index contributed by atoms with van der Waals surface area (Å²) < 4.78 is 1.87. The standard InChI is InChI=1S/C28H28N4O2/c1-19(2)21-13-15-22(16-14-21)32-26(33)25-30-23-11-7-8-12-24(23)31(25)18-28(32,3)27(34)29-17-20-9-5-4-6-10-20/h4-16,19H,17-18H2,1-3H3,(H,29,34). The maximum atomic E-state index is 13.9. The summed E-state index contributed by atoms with van der Waals surface area (Å²) >= 11 is 0. The van der Waals surface area contributed by atoms with E-state index >= 15 is 0 Å². The second-order valence-electron chi connectivity index (χ2n) is 9.34. The van der Waals surface area contributed by atoms with Crippen LogP contribution in [0.5, 0.6) is 0 Å². The second kappa shape index (κ2) is 8.45. The molecule has 6 nitrogen and oxygen atoms in total. The minimum absolute atomic E-state index is 0.207. The molecule has 1 atom stereocenters. The summed E-state index contributed by atoms with van der Waals surface area (Å²) in [4.78, 5) is 33.8. The van der Waals surface area contributed by atoms with Crippen molar-refractivity contribution in [1.29, 1.82) is 0 Å². The van der Waals surface area contributed by atoms with Gasteiger partial charge in [-0.1, -0.05) is 68.4 Å². The van der Waals surface area contributed by atoms with Crippen LogP contribution >= 0.6 is 0 Å². The van der Waals surface area contributed by atoms with Crippen molar-refractivity contribution in [1.82, 2.24) is 14.9 Å². The van der Waals surface area contributed by atoms with Crippen molar-refractivity contribution in [3.05, 3.63) is 95.8 Å². The smallest absolute Gasteiger partial charge is 0.295 e. The fraction of sp³-hybridized carbons (Fsp3) is 0.250. The minimum atomic E-state index is -1.14. The maximum absolute atomic E-state index is 13.9. The van der Waals surface area contributed by atoms with Crippen LogP contribution in [0.3, 0.4) is 0 Å². The Kier molecular flexibility index (Phi) is 5.44. The van der Waals surface area contributed by atoms with Crippen LogP contribution in [0.4, 0.5) is 5.69 Å². The van der Waals surface area contributed by atoms with Gasteiger partial charge in [0, 0.05) is 12.2 Å². The molecule has 0 aliphatic carbocycles. The number of hydrogen-bond acceptors (Lipinski definition) is 3. The van der Waals surface area contributed by atoms with Crippen molar-refractivity contribution in [3.8, 4) is 0 Å². The van der Waals surface area contributed by atoms with Crippen molar-refractivity contribution in [2.75, 3.05) is 4.90 Å². The zero-order valence-electron chi connectivity index (χ0n) is 19.7. The molecule has 2 amide bonds. The van der Waals surface area contributed by atoms with Gasteiger partial charge in [0.05, 0.1) is 17.6 Å². The first-order valence-corrected chi connectivity index (χ1v) is 11.6. The highest BCUT2D eigenvalue weighted by Crippen LogP contribution is 2.35. The zero-order chi connectivity index (χ0) is 23.9. The van der Waals surface area contributed by atoms with E-state index in [1.165, 1.54) is 5.56 Å². The number of nitrogens with one attached hydrogen (secondary N) is 1. The van der Waals surface area contributed by atoms with Crippen LogP contribution in [0.2, 0.25) is 0 Å². The molecule has 5 rings (SSSR count). The molecule has 2 heterocycles. The number of aromatic nitrogens is 2. The van der Waals surface area contributed by atoms with E-state index in [4.69, 9.17) is 0 Å². The van der Waals surface area contributed by atoms with Crippen molar-refractivity contribution in [3.63, 3.8) is 0 Å². The molecule has 6 heteroatoms. The lowest BCUT2D eigenvalue weighted by Gasteiger charge is -2.43. The summed E-state index contributed by atoms with van der Waals surface area (Å²) in [5, 5.41) is 3.06. The largest absolute Gasteiger partial charge is 0.350 e. The molecule has 1 unspecified atom stereocenters. The van der Waals surface area contributed by atoms with Crippen LogP contribution in [0.25, 0.3) is 11.0 Å². The number of para-hydroxylation sites is 2. The molecule has 1 aliphatic heterocycles. The highest BCUT2D eigenvalue weighted by atomic mass is 16.2. The first-order chi connectivity index (χ1) is 16.4. The van der Waals surface area contributed by atoms with E-state index in [1.807, 2.05) is 90.4 Å². The van der Waals surface area contributed by atoms with Crippen molar-refractivity contribution < 1.29 is 9.59 Å². The highest BCUT2D eigenvalue weighted by molar-refractivity contribution is 6.12. The molecule has 0 fully saturated rings. The summed E-state index contributed by atoms with van der Waals surface area (Å²) in [5.41, 5.74) is 3.32. The van der Waals surface area contributed by atoms with Crippen molar-refractivity contribution in [2.45, 2.75) is 45.3 Å². The van der Waals surface area contributed by atoms with Gasteiger partial charge in [-0.3, -0.25) is 14.5 Å². The Bertz CT molecular complexity index is 1360. The van der Waals surface area contributed by atoms with Gasteiger partial charge in [-0.25, -0.2) is 4.98 Å². The van der Waals surface area contributed by atoms with Gasteiger partial charge >= 0.3 is 0 Å². The number of hydrogen-bond donors (Lipinski definition) is 1. The molecule has 0 radical (unpaired) electrons. The van der Waals surface area contributed by atoms with Crippen molar-refractivity contribution >= 4 is 28.5 Å². The first-order valence-electron chi connectivity index (χ1n) is 11.6. The van der Waals surface area contributed by atoms with Gasteiger partial charge in [0.25, 0.3) is 5.91 Å². The molecule has 1 aliphatic rings. The average Bonchev–Trinajstić information content (AvgIpc) is 3.22. The predicted octanol–water partition coefficient (Wildman–Crippen LogP) is 4.90. The number of fused-ring (bicyclic) bond motifs is 3. The third kappa shape index (κ3) is 3.65. The van der Waals surface area contributed by atoms with E-state index in [0.717, 1.165) is 16.6 Å². The third-order valence-electron chi connectivity index (χ3n) is 6.61.